The fourth-order valence-electron chi connectivity index (χ4n) is 4.29. The van der Waals surface area contributed by atoms with Crippen molar-refractivity contribution in [2.24, 2.45) is 0 Å². The molecule has 0 spiro atoms. The van der Waals surface area contributed by atoms with Gasteiger partial charge in [0.05, 0.1) is 6.04 Å². The molecule has 0 N–H and O–H groups in total. The van der Waals surface area contributed by atoms with Crippen LogP contribution in [-0.4, -0.2) is 29.9 Å². The molecular weight excluding hydrogens is 379 g/mol. The predicted molar refractivity (Wildman–Crippen MR) is 112 cm³/mol. The predicted octanol–water partition coefficient (Wildman–Crippen LogP) is 5.33. The van der Waals surface area contributed by atoms with Crippen LogP contribution < -0.4 is 4.90 Å². The van der Waals surface area contributed by atoms with E-state index in [2.05, 4.69) is 23.1 Å². The van der Waals surface area contributed by atoms with Crippen LogP contribution in [0.3, 0.4) is 0 Å². The number of carbonyl (C=O) groups excluding carboxylic acids is 1. The van der Waals surface area contributed by atoms with E-state index in [-0.39, 0.29) is 11.9 Å². The summed E-state index contributed by atoms with van der Waals surface area (Å²) in [6.07, 6.45) is 5.17. The molecule has 2 aliphatic heterocycles. The number of hydrogen-bond acceptors (Lipinski definition) is 2. The van der Waals surface area contributed by atoms with Crippen molar-refractivity contribution < 1.29 is 4.79 Å². The highest BCUT2D eigenvalue weighted by Crippen LogP contribution is 2.31. The van der Waals surface area contributed by atoms with Crippen LogP contribution in [0, 0.1) is 0 Å². The Morgan fingerprint density at radius 3 is 2.78 bits per heavy atom. The second kappa shape index (κ2) is 8.22. The number of carbonyl (C=O) groups is 1. The van der Waals surface area contributed by atoms with Crippen molar-refractivity contribution in [1.82, 2.24) is 4.90 Å². The van der Waals surface area contributed by atoms with Crippen LogP contribution >= 0.6 is 23.2 Å². The minimum absolute atomic E-state index is 0.0973. The Hall–Kier alpha value is -1.55. The molecule has 27 heavy (non-hydrogen) atoms. The molecule has 142 valence electrons. The van der Waals surface area contributed by atoms with Crippen molar-refractivity contribution in [3.8, 4) is 0 Å². The van der Waals surface area contributed by atoms with Gasteiger partial charge in [-0.3, -0.25) is 9.69 Å². The van der Waals surface area contributed by atoms with Gasteiger partial charge < -0.3 is 4.90 Å². The monoisotopic (exact) mass is 402 g/mol. The van der Waals surface area contributed by atoms with Gasteiger partial charge in [-0.15, -0.1) is 0 Å². The lowest BCUT2D eigenvalue weighted by molar-refractivity contribution is -0.125. The van der Waals surface area contributed by atoms with Crippen LogP contribution in [0.15, 0.2) is 42.5 Å². The fourth-order valence-corrected chi connectivity index (χ4v) is 4.66. The molecule has 3 nitrogen and oxygen atoms in total. The summed E-state index contributed by atoms with van der Waals surface area (Å²) in [5, 5.41) is 1.39. The van der Waals surface area contributed by atoms with Gasteiger partial charge in [0.15, 0.2) is 0 Å². The van der Waals surface area contributed by atoms with E-state index in [0.29, 0.717) is 16.6 Å². The number of benzene rings is 2. The number of para-hydroxylation sites is 1. The Labute approximate surface area is 170 Å². The average molecular weight is 403 g/mol. The molecule has 2 heterocycles. The van der Waals surface area contributed by atoms with E-state index in [1.54, 1.807) is 6.07 Å². The minimum atomic E-state index is -0.0973. The van der Waals surface area contributed by atoms with Gasteiger partial charge >= 0.3 is 0 Å². The lowest BCUT2D eigenvalue weighted by Gasteiger charge is -2.39. The van der Waals surface area contributed by atoms with Crippen LogP contribution in [0.2, 0.25) is 10.0 Å². The van der Waals surface area contributed by atoms with E-state index in [9.17, 15) is 4.79 Å². The molecule has 1 atom stereocenters. The number of amides is 1. The molecule has 0 radical (unpaired) electrons. The normalized spacial score (nSPS) is 20.4. The van der Waals surface area contributed by atoms with Gasteiger partial charge in [-0.1, -0.05) is 47.8 Å². The molecule has 1 saturated heterocycles. The standard InChI is InChI=1S/C22H24Cl2N2O/c23-18-10-11-19(24)17(14-18)15-25-12-4-3-9-21(25)22(27)26-13-5-7-16-6-1-2-8-20(16)26/h1-2,6,8,10-11,14,21H,3-5,7,9,12-13,15H2. The Morgan fingerprint density at radius 2 is 1.89 bits per heavy atom. The molecule has 0 saturated carbocycles. The van der Waals surface area contributed by atoms with Gasteiger partial charge in [-0.05, 0) is 67.6 Å². The van der Waals surface area contributed by atoms with Crippen LogP contribution in [0.1, 0.15) is 36.8 Å². The first kappa shape index (κ1) is 18.8. The third-order valence-electron chi connectivity index (χ3n) is 5.66. The van der Waals surface area contributed by atoms with Crippen molar-refractivity contribution in [2.45, 2.75) is 44.7 Å². The van der Waals surface area contributed by atoms with Crippen molar-refractivity contribution in [1.29, 1.82) is 0 Å². The van der Waals surface area contributed by atoms with Gasteiger partial charge in [-0.2, -0.15) is 0 Å². The first-order chi connectivity index (χ1) is 13.1. The Balaban J connectivity index is 1.58. The number of rotatable bonds is 3. The smallest absolute Gasteiger partial charge is 0.244 e. The summed E-state index contributed by atoms with van der Waals surface area (Å²) in [5.74, 6) is 0.222. The molecule has 2 aromatic carbocycles. The van der Waals surface area contributed by atoms with E-state index >= 15 is 0 Å². The van der Waals surface area contributed by atoms with Crippen LogP contribution in [0.5, 0.6) is 0 Å². The van der Waals surface area contributed by atoms with Gasteiger partial charge in [0.2, 0.25) is 5.91 Å². The maximum Gasteiger partial charge on any atom is 0.244 e. The summed E-state index contributed by atoms with van der Waals surface area (Å²) in [6.45, 7) is 2.37. The summed E-state index contributed by atoms with van der Waals surface area (Å²) < 4.78 is 0. The summed E-state index contributed by atoms with van der Waals surface area (Å²) in [6, 6.07) is 13.7. The Bertz CT molecular complexity index is 839. The molecule has 4 rings (SSSR count). The molecule has 1 fully saturated rings. The highest BCUT2D eigenvalue weighted by Gasteiger charge is 2.34. The summed E-state index contributed by atoms with van der Waals surface area (Å²) in [5.41, 5.74) is 3.35. The second-order valence-corrected chi connectivity index (χ2v) is 8.28. The summed E-state index contributed by atoms with van der Waals surface area (Å²) in [7, 11) is 0. The maximum atomic E-state index is 13.5. The van der Waals surface area contributed by atoms with E-state index in [0.717, 1.165) is 56.4 Å². The molecule has 1 amide bonds. The molecule has 2 aliphatic rings. The zero-order valence-corrected chi connectivity index (χ0v) is 16.8. The number of nitrogens with zero attached hydrogens (tertiary/aromatic N) is 2. The topological polar surface area (TPSA) is 23.6 Å². The van der Waals surface area contributed by atoms with Crippen molar-refractivity contribution in [2.75, 3.05) is 18.0 Å². The summed E-state index contributed by atoms with van der Waals surface area (Å²) >= 11 is 12.5. The van der Waals surface area contributed by atoms with E-state index in [1.165, 1.54) is 5.56 Å². The molecule has 1 unspecified atom stereocenters. The number of halogens is 2. The van der Waals surface area contributed by atoms with E-state index < -0.39 is 0 Å². The minimum Gasteiger partial charge on any atom is -0.311 e. The van der Waals surface area contributed by atoms with Crippen molar-refractivity contribution in [3.63, 3.8) is 0 Å². The largest absolute Gasteiger partial charge is 0.311 e. The Kier molecular flexibility index (Phi) is 5.72. The van der Waals surface area contributed by atoms with Crippen molar-refractivity contribution >= 4 is 34.8 Å². The molecular formula is C22H24Cl2N2O. The fraction of sp³-hybridized carbons (Fsp3) is 0.409. The number of piperidine rings is 1. The number of likely N-dealkylation sites (tertiary alicyclic amines) is 1. The Morgan fingerprint density at radius 1 is 1.04 bits per heavy atom. The third-order valence-corrected chi connectivity index (χ3v) is 6.26. The number of aryl methyl sites for hydroxylation is 1. The lowest BCUT2D eigenvalue weighted by Crippen LogP contribution is -2.51. The molecule has 0 aliphatic carbocycles. The van der Waals surface area contributed by atoms with E-state index in [4.69, 9.17) is 23.2 Å². The zero-order chi connectivity index (χ0) is 18.8. The average Bonchev–Trinajstić information content (AvgIpc) is 2.70. The SMILES string of the molecule is O=C(C1CCCCN1Cc1cc(Cl)ccc1Cl)N1CCCc2ccccc21. The molecule has 0 bridgehead atoms. The number of hydrogen-bond donors (Lipinski definition) is 0. The first-order valence-electron chi connectivity index (χ1n) is 9.71. The first-order valence-corrected chi connectivity index (χ1v) is 10.5. The second-order valence-electron chi connectivity index (χ2n) is 7.44. The highest BCUT2D eigenvalue weighted by atomic mass is 35.5. The van der Waals surface area contributed by atoms with Crippen LogP contribution in [-0.2, 0) is 17.8 Å². The molecule has 2 aromatic rings. The van der Waals surface area contributed by atoms with Gasteiger partial charge in [0, 0.05) is 28.8 Å². The third kappa shape index (κ3) is 4.01. The van der Waals surface area contributed by atoms with E-state index in [1.807, 2.05) is 23.1 Å². The van der Waals surface area contributed by atoms with Gasteiger partial charge in [-0.25, -0.2) is 0 Å². The molecule has 5 heteroatoms. The van der Waals surface area contributed by atoms with Gasteiger partial charge in [0.1, 0.15) is 0 Å². The molecule has 0 aromatic heterocycles. The van der Waals surface area contributed by atoms with Crippen LogP contribution in [0.4, 0.5) is 5.69 Å². The zero-order valence-electron chi connectivity index (χ0n) is 15.3. The number of fused-ring (bicyclic) bond motifs is 1. The lowest BCUT2D eigenvalue weighted by atomic mass is 9.96. The summed E-state index contributed by atoms with van der Waals surface area (Å²) in [4.78, 5) is 17.8. The van der Waals surface area contributed by atoms with Crippen LogP contribution in [0.25, 0.3) is 0 Å². The van der Waals surface area contributed by atoms with Gasteiger partial charge in [0.25, 0.3) is 0 Å². The van der Waals surface area contributed by atoms with Crippen molar-refractivity contribution in [3.05, 3.63) is 63.6 Å². The highest BCUT2D eigenvalue weighted by molar-refractivity contribution is 6.33. The quantitative estimate of drug-likeness (QED) is 0.692. The number of anilines is 1. The maximum absolute atomic E-state index is 13.5.